The fraction of sp³-hybridized carbons (Fsp3) is 0.353. The van der Waals surface area contributed by atoms with Crippen LogP contribution in [0.2, 0.25) is 5.02 Å². The number of H-pyrrole nitrogens is 1. The summed E-state index contributed by atoms with van der Waals surface area (Å²) in [6.07, 6.45) is 5.88. The molecule has 0 aliphatic carbocycles. The Kier molecular flexibility index (Phi) is 3.97. The van der Waals surface area contributed by atoms with Crippen LogP contribution in [0.5, 0.6) is 0 Å². The molecule has 5 nitrogen and oxygen atoms in total. The van der Waals surface area contributed by atoms with Crippen LogP contribution in [0, 0.1) is 0 Å². The molecule has 1 fully saturated rings. The zero-order chi connectivity index (χ0) is 15.6. The third kappa shape index (κ3) is 3.21. The van der Waals surface area contributed by atoms with Crippen molar-refractivity contribution in [2.24, 2.45) is 0 Å². The maximum Gasteiger partial charge on any atom is 0.155 e. The summed E-state index contributed by atoms with van der Waals surface area (Å²) >= 11 is 5.90. The maximum absolute atomic E-state index is 5.90. The highest BCUT2D eigenvalue weighted by atomic mass is 35.5. The van der Waals surface area contributed by atoms with Crippen molar-refractivity contribution in [3.8, 4) is 0 Å². The van der Waals surface area contributed by atoms with E-state index in [9.17, 15) is 0 Å². The van der Waals surface area contributed by atoms with Crippen LogP contribution in [0.15, 0.2) is 36.7 Å². The molecule has 0 spiro atoms. The summed E-state index contributed by atoms with van der Waals surface area (Å²) in [7, 11) is 0. The minimum atomic E-state index is 0.462. The van der Waals surface area contributed by atoms with Gasteiger partial charge in [0.15, 0.2) is 5.65 Å². The van der Waals surface area contributed by atoms with Gasteiger partial charge in [-0.2, -0.15) is 5.10 Å². The zero-order valence-corrected chi connectivity index (χ0v) is 13.5. The number of aromatic amines is 1. The highest BCUT2D eigenvalue weighted by Crippen LogP contribution is 2.27. The van der Waals surface area contributed by atoms with E-state index in [1.807, 2.05) is 18.3 Å². The molecule has 1 aliphatic rings. The number of hydrogen-bond acceptors (Lipinski definition) is 4. The molecule has 4 rings (SSSR count). The lowest BCUT2D eigenvalue weighted by Crippen LogP contribution is -2.34. The van der Waals surface area contributed by atoms with Gasteiger partial charge in [0.1, 0.15) is 0 Å². The molecular formula is C17H18ClN5. The van der Waals surface area contributed by atoms with Crippen LogP contribution in [0.25, 0.3) is 11.0 Å². The number of nitrogens with one attached hydrogen (secondary N) is 1. The molecule has 0 saturated carbocycles. The molecule has 1 atom stereocenters. The average Bonchev–Trinajstić information content (AvgIpc) is 3.05. The number of pyridine rings is 2. The van der Waals surface area contributed by atoms with Crippen molar-refractivity contribution in [3.63, 3.8) is 0 Å². The van der Waals surface area contributed by atoms with Crippen molar-refractivity contribution in [1.82, 2.24) is 25.1 Å². The molecular weight excluding hydrogens is 310 g/mol. The number of hydrogen-bond donors (Lipinski definition) is 1. The van der Waals surface area contributed by atoms with Gasteiger partial charge in [0.25, 0.3) is 0 Å². The van der Waals surface area contributed by atoms with Crippen LogP contribution in [0.1, 0.15) is 30.1 Å². The molecule has 0 amide bonds. The van der Waals surface area contributed by atoms with Crippen LogP contribution >= 0.6 is 11.6 Å². The molecule has 1 aliphatic heterocycles. The zero-order valence-electron chi connectivity index (χ0n) is 12.7. The minimum absolute atomic E-state index is 0.462. The molecule has 23 heavy (non-hydrogen) atoms. The predicted molar refractivity (Wildman–Crippen MR) is 90.4 cm³/mol. The Morgan fingerprint density at radius 3 is 3.04 bits per heavy atom. The van der Waals surface area contributed by atoms with E-state index in [2.05, 4.69) is 32.2 Å². The predicted octanol–water partition coefficient (Wildman–Crippen LogP) is 3.39. The lowest BCUT2D eigenvalue weighted by Gasteiger charge is -2.32. The third-order valence-corrected chi connectivity index (χ3v) is 4.64. The Morgan fingerprint density at radius 1 is 1.22 bits per heavy atom. The molecule has 1 saturated heterocycles. The summed E-state index contributed by atoms with van der Waals surface area (Å²) in [5.41, 5.74) is 3.08. The number of likely N-dealkylation sites (tertiary alicyclic amines) is 1. The second kappa shape index (κ2) is 6.26. The van der Waals surface area contributed by atoms with Crippen molar-refractivity contribution in [3.05, 3.63) is 53.1 Å². The number of nitrogens with zero attached hydrogens (tertiary/aromatic N) is 4. The van der Waals surface area contributed by atoms with Gasteiger partial charge in [-0.1, -0.05) is 11.6 Å². The van der Waals surface area contributed by atoms with Crippen LogP contribution in [-0.2, 0) is 6.54 Å². The molecule has 0 aromatic carbocycles. The van der Waals surface area contributed by atoms with Crippen molar-refractivity contribution in [2.75, 3.05) is 13.1 Å². The Bertz CT molecular complexity index is 798. The first-order valence-electron chi connectivity index (χ1n) is 7.91. The first-order chi connectivity index (χ1) is 11.3. The summed E-state index contributed by atoms with van der Waals surface area (Å²) in [4.78, 5) is 11.6. The summed E-state index contributed by atoms with van der Waals surface area (Å²) in [6, 6.07) is 8.13. The van der Waals surface area contributed by atoms with Gasteiger partial charge in [-0.3, -0.25) is 15.0 Å². The number of piperidine rings is 1. The van der Waals surface area contributed by atoms with E-state index >= 15 is 0 Å². The Labute approximate surface area is 139 Å². The fourth-order valence-electron chi connectivity index (χ4n) is 3.24. The SMILES string of the molecule is Clc1ccc(CN2CCC[C@@H](c3ccc4cn[nH]c4n3)C2)nc1. The van der Waals surface area contributed by atoms with Gasteiger partial charge in [-0.05, 0) is 43.7 Å². The molecule has 0 bridgehead atoms. The van der Waals surface area contributed by atoms with Crippen LogP contribution in [0.3, 0.4) is 0 Å². The molecule has 1 N–H and O–H groups in total. The van der Waals surface area contributed by atoms with Crippen molar-refractivity contribution >= 4 is 22.6 Å². The maximum atomic E-state index is 5.90. The highest BCUT2D eigenvalue weighted by molar-refractivity contribution is 6.30. The van der Waals surface area contributed by atoms with Gasteiger partial charge in [0.2, 0.25) is 0 Å². The lowest BCUT2D eigenvalue weighted by atomic mass is 9.94. The minimum Gasteiger partial charge on any atom is -0.297 e. The van der Waals surface area contributed by atoms with E-state index in [0.717, 1.165) is 42.1 Å². The van der Waals surface area contributed by atoms with E-state index in [0.29, 0.717) is 10.9 Å². The van der Waals surface area contributed by atoms with Crippen LogP contribution in [0.4, 0.5) is 0 Å². The van der Waals surface area contributed by atoms with Gasteiger partial charge in [-0.15, -0.1) is 0 Å². The molecule has 4 heterocycles. The van der Waals surface area contributed by atoms with Crippen LogP contribution in [-0.4, -0.2) is 38.2 Å². The largest absolute Gasteiger partial charge is 0.297 e. The topological polar surface area (TPSA) is 57.7 Å². The second-order valence-electron chi connectivity index (χ2n) is 6.09. The van der Waals surface area contributed by atoms with Crippen LogP contribution < -0.4 is 0 Å². The number of halogens is 1. The van der Waals surface area contributed by atoms with Gasteiger partial charge < -0.3 is 0 Å². The fourth-order valence-corrected chi connectivity index (χ4v) is 3.35. The number of rotatable bonds is 3. The monoisotopic (exact) mass is 327 g/mol. The summed E-state index contributed by atoms with van der Waals surface area (Å²) < 4.78 is 0. The smallest absolute Gasteiger partial charge is 0.155 e. The first-order valence-corrected chi connectivity index (χ1v) is 8.28. The quantitative estimate of drug-likeness (QED) is 0.801. The lowest BCUT2D eigenvalue weighted by molar-refractivity contribution is 0.196. The molecule has 6 heteroatoms. The van der Waals surface area contributed by atoms with E-state index < -0.39 is 0 Å². The van der Waals surface area contributed by atoms with Gasteiger partial charge in [0, 0.05) is 36.3 Å². The molecule has 3 aromatic rings. The number of fused-ring (bicyclic) bond motifs is 1. The Morgan fingerprint density at radius 2 is 2.17 bits per heavy atom. The Balaban J connectivity index is 1.48. The molecule has 118 valence electrons. The number of aromatic nitrogens is 4. The molecule has 0 radical (unpaired) electrons. The molecule has 3 aromatic heterocycles. The van der Waals surface area contributed by atoms with E-state index in [1.165, 1.54) is 12.8 Å². The molecule has 0 unspecified atom stereocenters. The highest BCUT2D eigenvalue weighted by Gasteiger charge is 2.23. The Hall–Kier alpha value is -1.98. The van der Waals surface area contributed by atoms with Gasteiger partial charge >= 0.3 is 0 Å². The summed E-state index contributed by atoms with van der Waals surface area (Å²) in [6.45, 7) is 2.98. The van der Waals surface area contributed by atoms with Gasteiger partial charge in [-0.25, -0.2) is 4.98 Å². The normalized spacial score (nSPS) is 19.3. The van der Waals surface area contributed by atoms with E-state index in [1.54, 1.807) is 6.20 Å². The van der Waals surface area contributed by atoms with Crippen molar-refractivity contribution in [1.29, 1.82) is 0 Å². The van der Waals surface area contributed by atoms with Crippen molar-refractivity contribution < 1.29 is 0 Å². The average molecular weight is 328 g/mol. The van der Waals surface area contributed by atoms with Gasteiger partial charge in [0.05, 0.1) is 16.9 Å². The van der Waals surface area contributed by atoms with Crippen molar-refractivity contribution in [2.45, 2.75) is 25.3 Å². The summed E-state index contributed by atoms with van der Waals surface area (Å²) in [5, 5.41) is 8.75. The standard InChI is InChI=1S/C17H18ClN5/c18-14-4-5-15(19-9-14)11-23-7-1-2-13(10-23)16-6-3-12-8-20-22-17(12)21-16/h3-6,8-9,13H,1-2,7,10-11H2,(H,20,21,22)/t13-/m1/s1. The third-order valence-electron chi connectivity index (χ3n) is 4.42. The summed E-state index contributed by atoms with van der Waals surface area (Å²) in [5.74, 6) is 0.462. The second-order valence-corrected chi connectivity index (χ2v) is 6.52. The first kappa shape index (κ1) is 14.6. The van der Waals surface area contributed by atoms with E-state index in [4.69, 9.17) is 16.6 Å². The van der Waals surface area contributed by atoms with E-state index in [-0.39, 0.29) is 0 Å².